The Bertz CT molecular complexity index is 717. The van der Waals surface area contributed by atoms with Crippen LogP contribution < -0.4 is 3.07 Å². The maximum Gasteiger partial charge on any atom is 0.307 e. The second kappa shape index (κ2) is 7.26. The SMILES string of the molecule is O=C1C=CC(=Nc2c(Cl)cc(OI)cc2Cl)C(CC(=O)O)=C1. The zero-order valence-electron chi connectivity index (χ0n) is 10.8. The number of aliphatic imine (C=N–C) groups is 1. The number of carbonyl (C=O) groups excluding carboxylic acids is 1. The fourth-order valence-corrected chi connectivity index (χ4v) is 2.60. The number of carboxylic acid groups (broad SMARTS) is 1. The molecular weight excluding hydrogens is 444 g/mol. The molecule has 0 unspecified atom stereocenters. The molecule has 2 rings (SSSR count). The number of hydrogen-bond acceptors (Lipinski definition) is 4. The smallest absolute Gasteiger partial charge is 0.307 e. The second-order valence-electron chi connectivity index (χ2n) is 4.29. The van der Waals surface area contributed by atoms with Gasteiger partial charge < -0.3 is 8.17 Å². The lowest BCUT2D eigenvalue weighted by Crippen LogP contribution is -2.11. The molecule has 0 fully saturated rings. The Hall–Kier alpha value is -1.38. The van der Waals surface area contributed by atoms with Crippen LogP contribution in [0.4, 0.5) is 5.69 Å². The number of hydrogen-bond donors (Lipinski definition) is 1. The molecule has 0 spiro atoms. The van der Waals surface area contributed by atoms with E-state index < -0.39 is 5.97 Å². The number of allylic oxidation sites excluding steroid dienone is 3. The van der Waals surface area contributed by atoms with Gasteiger partial charge in [-0.2, -0.15) is 0 Å². The molecule has 0 atom stereocenters. The van der Waals surface area contributed by atoms with Gasteiger partial charge in [-0.25, -0.2) is 4.99 Å². The van der Waals surface area contributed by atoms with Crippen molar-refractivity contribution in [2.75, 3.05) is 0 Å². The molecule has 22 heavy (non-hydrogen) atoms. The van der Waals surface area contributed by atoms with Gasteiger partial charge in [0.25, 0.3) is 0 Å². The van der Waals surface area contributed by atoms with Gasteiger partial charge in [-0.05, 0) is 23.8 Å². The third-order valence-corrected chi connectivity index (χ3v) is 3.79. The molecule has 0 saturated heterocycles. The molecule has 114 valence electrons. The van der Waals surface area contributed by atoms with Gasteiger partial charge in [0, 0.05) is 12.1 Å². The van der Waals surface area contributed by atoms with Crippen molar-refractivity contribution >= 4 is 69.4 Å². The first-order chi connectivity index (χ1) is 10.4. The van der Waals surface area contributed by atoms with E-state index in [1.807, 2.05) is 0 Å². The number of aliphatic carboxylic acids is 1. The van der Waals surface area contributed by atoms with Crippen LogP contribution in [0, 0.1) is 0 Å². The molecule has 1 aliphatic rings. The third kappa shape index (κ3) is 4.08. The highest BCUT2D eigenvalue weighted by Crippen LogP contribution is 2.38. The Balaban J connectivity index is 2.47. The van der Waals surface area contributed by atoms with Gasteiger partial charge in [-0.3, -0.25) is 9.59 Å². The first-order valence-electron chi connectivity index (χ1n) is 5.92. The normalized spacial score (nSPS) is 15.9. The van der Waals surface area contributed by atoms with Gasteiger partial charge >= 0.3 is 5.97 Å². The predicted octanol–water partition coefficient (Wildman–Crippen LogP) is 4.33. The Kier molecular flexibility index (Phi) is 5.60. The van der Waals surface area contributed by atoms with Gasteiger partial charge in [0.1, 0.15) is 11.4 Å². The summed E-state index contributed by atoms with van der Waals surface area (Å²) in [5.74, 6) is -0.885. The lowest BCUT2D eigenvalue weighted by atomic mass is 10.00. The molecule has 0 aliphatic heterocycles. The maximum atomic E-state index is 11.4. The topological polar surface area (TPSA) is 76.0 Å². The van der Waals surface area contributed by atoms with Gasteiger partial charge in [0.05, 0.1) is 22.2 Å². The van der Waals surface area contributed by atoms with E-state index in [2.05, 4.69) is 4.99 Å². The van der Waals surface area contributed by atoms with Crippen molar-refractivity contribution in [3.8, 4) is 5.75 Å². The van der Waals surface area contributed by atoms with Crippen molar-refractivity contribution in [3.63, 3.8) is 0 Å². The van der Waals surface area contributed by atoms with Crippen LogP contribution in [0.15, 0.2) is 40.9 Å². The van der Waals surface area contributed by atoms with Crippen LogP contribution in [0.5, 0.6) is 5.75 Å². The molecule has 8 heteroatoms. The van der Waals surface area contributed by atoms with E-state index in [1.54, 1.807) is 23.0 Å². The summed E-state index contributed by atoms with van der Waals surface area (Å²) < 4.78 is 5.01. The van der Waals surface area contributed by atoms with E-state index in [0.717, 1.165) is 0 Å². The molecule has 5 nitrogen and oxygen atoms in total. The summed E-state index contributed by atoms with van der Waals surface area (Å²) in [5.41, 5.74) is 0.904. The van der Waals surface area contributed by atoms with E-state index in [9.17, 15) is 9.59 Å². The largest absolute Gasteiger partial charge is 0.481 e. The Morgan fingerprint density at radius 2 is 1.91 bits per heavy atom. The van der Waals surface area contributed by atoms with Crippen molar-refractivity contribution in [3.05, 3.63) is 46.0 Å². The highest BCUT2D eigenvalue weighted by Gasteiger charge is 2.17. The van der Waals surface area contributed by atoms with Crippen LogP contribution >= 0.6 is 46.2 Å². The standard InChI is InChI=1S/C14H8Cl2INO4/c15-10-5-9(22-17)6-11(16)14(10)18-12-2-1-8(19)3-7(12)4-13(20)21/h1-3,5-6H,4H2,(H,20,21). The molecule has 0 aromatic heterocycles. The Morgan fingerprint density at radius 3 is 2.45 bits per heavy atom. The van der Waals surface area contributed by atoms with Gasteiger partial charge in [-0.15, -0.1) is 0 Å². The highest BCUT2D eigenvalue weighted by atomic mass is 127. The molecule has 1 aliphatic carbocycles. The number of nitrogens with zero attached hydrogens (tertiary/aromatic N) is 1. The molecule has 1 aromatic rings. The van der Waals surface area contributed by atoms with Crippen LogP contribution in [0.3, 0.4) is 0 Å². The van der Waals surface area contributed by atoms with Crippen molar-refractivity contribution in [2.45, 2.75) is 6.42 Å². The minimum Gasteiger partial charge on any atom is -0.481 e. The minimum atomic E-state index is -1.06. The van der Waals surface area contributed by atoms with Crippen LogP contribution in [-0.2, 0) is 9.59 Å². The van der Waals surface area contributed by atoms with Crippen molar-refractivity contribution in [1.82, 2.24) is 0 Å². The average molecular weight is 452 g/mol. The number of halogens is 3. The number of carboxylic acids is 1. The Labute approximate surface area is 150 Å². The lowest BCUT2D eigenvalue weighted by Gasteiger charge is -2.11. The molecular formula is C14H8Cl2INO4. The molecule has 0 saturated carbocycles. The number of ketones is 1. The number of benzene rings is 1. The highest BCUT2D eigenvalue weighted by molar-refractivity contribution is 14.1. The summed E-state index contributed by atoms with van der Waals surface area (Å²) in [6.07, 6.45) is 3.65. The van der Waals surface area contributed by atoms with E-state index in [0.29, 0.717) is 17.0 Å². The quantitative estimate of drug-likeness (QED) is 0.545. The molecule has 0 amide bonds. The summed E-state index contributed by atoms with van der Waals surface area (Å²) in [5, 5.41) is 9.42. The summed E-state index contributed by atoms with van der Waals surface area (Å²) in [6, 6.07) is 3.08. The zero-order chi connectivity index (χ0) is 16.3. The summed E-state index contributed by atoms with van der Waals surface area (Å²) >= 11 is 13.9. The van der Waals surface area contributed by atoms with Crippen molar-refractivity contribution in [2.24, 2.45) is 4.99 Å². The number of carbonyl (C=O) groups is 2. The third-order valence-electron chi connectivity index (χ3n) is 2.70. The zero-order valence-corrected chi connectivity index (χ0v) is 14.5. The summed E-state index contributed by atoms with van der Waals surface area (Å²) in [6.45, 7) is 0. The number of rotatable bonds is 4. The van der Waals surface area contributed by atoms with Crippen LogP contribution in [-0.4, -0.2) is 22.6 Å². The van der Waals surface area contributed by atoms with Crippen LogP contribution in [0.1, 0.15) is 6.42 Å². The van der Waals surface area contributed by atoms with Crippen molar-refractivity contribution in [1.29, 1.82) is 0 Å². The lowest BCUT2D eigenvalue weighted by molar-refractivity contribution is -0.136. The first-order valence-corrected chi connectivity index (χ1v) is 7.55. The average Bonchev–Trinajstić information content (AvgIpc) is 2.43. The van der Waals surface area contributed by atoms with E-state index in [-0.39, 0.29) is 27.9 Å². The monoisotopic (exact) mass is 451 g/mol. The Morgan fingerprint density at radius 1 is 1.27 bits per heavy atom. The molecule has 0 heterocycles. The molecule has 1 N–H and O–H groups in total. The van der Waals surface area contributed by atoms with Gasteiger partial charge in [0.2, 0.25) is 0 Å². The van der Waals surface area contributed by atoms with E-state index >= 15 is 0 Å². The van der Waals surface area contributed by atoms with E-state index in [1.165, 1.54) is 30.4 Å². The fourth-order valence-electron chi connectivity index (χ4n) is 1.79. The maximum absolute atomic E-state index is 11.4. The fraction of sp³-hybridized carbons (Fsp3) is 0.0714. The van der Waals surface area contributed by atoms with Gasteiger partial charge in [-0.1, -0.05) is 23.2 Å². The molecule has 0 radical (unpaired) electrons. The van der Waals surface area contributed by atoms with E-state index in [4.69, 9.17) is 31.4 Å². The molecule has 0 bridgehead atoms. The van der Waals surface area contributed by atoms with Crippen LogP contribution in [0.2, 0.25) is 10.0 Å². The van der Waals surface area contributed by atoms with Gasteiger partial charge in [0.15, 0.2) is 28.8 Å². The van der Waals surface area contributed by atoms with Crippen LogP contribution in [0.25, 0.3) is 0 Å². The first kappa shape index (κ1) is 17.0. The molecule has 1 aromatic carbocycles. The second-order valence-corrected chi connectivity index (χ2v) is 5.54. The predicted molar refractivity (Wildman–Crippen MR) is 92.7 cm³/mol. The van der Waals surface area contributed by atoms with Crippen molar-refractivity contribution < 1.29 is 17.8 Å². The minimum absolute atomic E-state index is 0.256. The summed E-state index contributed by atoms with van der Waals surface area (Å²) in [4.78, 5) is 26.6. The summed E-state index contributed by atoms with van der Waals surface area (Å²) in [7, 11) is 0.